The fraction of sp³-hybridized carbons (Fsp3) is 0.267. The quantitative estimate of drug-likeness (QED) is 0.930. The van der Waals surface area contributed by atoms with Gasteiger partial charge in [0, 0.05) is 23.5 Å². The molecule has 2 aromatic rings. The molecule has 1 heterocycles. The van der Waals surface area contributed by atoms with E-state index in [1.165, 1.54) is 0 Å². The zero-order valence-corrected chi connectivity index (χ0v) is 11.8. The predicted molar refractivity (Wildman–Crippen MR) is 77.4 cm³/mol. The van der Waals surface area contributed by atoms with Crippen LogP contribution in [0, 0.1) is 6.92 Å². The third-order valence-corrected chi connectivity index (χ3v) is 3.15. The summed E-state index contributed by atoms with van der Waals surface area (Å²) in [4.78, 5) is 4.01. The van der Waals surface area contributed by atoms with Gasteiger partial charge in [-0.05, 0) is 49.2 Å². The Kier molecular flexibility index (Phi) is 4.40. The number of rotatable bonds is 4. The zero-order valence-electron chi connectivity index (χ0n) is 11.0. The molecule has 2 N–H and O–H groups in total. The van der Waals surface area contributed by atoms with Crippen molar-refractivity contribution < 1.29 is 4.74 Å². The minimum absolute atomic E-state index is 0.138. The largest absolute Gasteiger partial charge is 0.484 e. The van der Waals surface area contributed by atoms with Crippen molar-refractivity contribution in [1.29, 1.82) is 0 Å². The topological polar surface area (TPSA) is 48.1 Å². The number of hydrogen-bond acceptors (Lipinski definition) is 3. The van der Waals surface area contributed by atoms with E-state index in [-0.39, 0.29) is 12.1 Å². The summed E-state index contributed by atoms with van der Waals surface area (Å²) < 4.78 is 6.04. The van der Waals surface area contributed by atoms with Crippen molar-refractivity contribution in [2.45, 2.75) is 26.0 Å². The van der Waals surface area contributed by atoms with Gasteiger partial charge in [-0.25, -0.2) is 0 Å². The number of ether oxygens (including phenoxy) is 1. The fourth-order valence-corrected chi connectivity index (χ4v) is 2.03. The van der Waals surface area contributed by atoms with Crippen LogP contribution in [0.3, 0.4) is 0 Å². The Morgan fingerprint density at radius 1 is 1.21 bits per heavy atom. The molecule has 100 valence electrons. The van der Waals surface area contributed by atoms with Crippen LogP contribution in [0.2, 0.25) is 5.02 Å². The van der Waals surface area contributed by atoms with E-state index in [2.05, 4.69) is 4.98 Å². The van der Waals surface area contributed by atoms with Gasteiger partial charge in [0.2, 0.25) is 0 Å². The van der Waals surface area contributed by atoms with Gasteiger partial charge in [-0.2, -0.15) is 0 Å². The van der Waals surface area contributed by atoms with Crippen LogP contribution >= 0.6 is 11.6 Å². The van der Waals surface area contributed by atoms with E-state index < -0.39 is 0 Å². The van der Waals surface area contributed by atoms with Crippen molar-refractivity contribution in [3.8, 4) is 5.75 Å². The van der Waals surface area contributed by atoms with Gasteiger partial charge in [-0.3, -0.25) is 4.98 Å². The molecular weight excluding hydrogens is 260 g/mol. The molecule has 4 heteroatoms. The number of nitrogens with zero attached hydrogens (tertiary/aromatic N) is 1. The normalized spacial score (nSPS) is 13.9. The van der Waals surface area contributed by atoms with E-state index in [9.17, 15) is 0 Å². The maximum absolute atomic E-state index is 6.04. The first-order valence-corrected chi connectivity index (χ1v) is 6.54. The number of pyridine rings is 1. The molecule has 19 heavy (non-hydrogen) atoms. The number of halogens is 1. The summed E-state index contributed by atoms with van der Waals surface area (Å²) in [6.45, 7) is 3.90. The maximum Gasteiger partial charge on any atom is 0.139 e. The second-order valence-corrected chi connectivity index (χ2v) is 5.02. The van der Waals surface area contributed by atoms with Gasteiger partial charge in [0.15, 0.2) is 0 Å². The van der Waals surface area contributed by atoms with Crippen molar-refractivity contribution in [2.75, 3.05) is 0 Å². The van der Waals surface area contributed by atoms with Gasteiger partial charge >= 0.3 is 0 Å². The third-order valence-electron chi connectivity index (χ3n) is 2.92. The number of hydrogen-bond donors (Lipinski definition) is 1. The SMILES string of the molecule is Cc1ccc(Cl)cc1OC(c1ccncc1)C(C)N. The fourth-order valence-electron chi connectivity index (χ4n) is 1.87. The lowest BCUT2D eigenvalue weighted by atomic mass is 10.1. The first-order valence-electron chi connectivity index (χ1n) is 6.16. The Labute approximate surface area is 118 Å². The molecule has 0 aliphatic rings. The molecular formula is C15H17ClN2O. The van der Waals surface area contributed by atoms with Crippen LogP contribution in [0.1, 0.15) is 24.2 Å². The Morgan fingerprint density at radius 2 is 1.89 bits per heavy atom. The molecule has 0 spiro atoms. The van der Waals surface area contributed by atoms with E-state index in [1.54, 1.807) is 12.4 Å². The highest BCUT2D eigenvalue weighted by atomic mass is 35.5. The maximum atomic E-state index is 6.04. The van der Waals surface area contributed by atoms with E-state index in [0.29, 0.717) is 5.02 Å². The molecule has 3 nitrogen and oxygen atoms in total. The summed E-state index contributed by atoms with van der Waals surface area (Å²) in [6.07, 6.45) is 3.25. The molecule has 2 rings (SSSR count). The second kappa shape index (κ2) is 6.04. The van der Waals surface area contributed by atoms with Gasteiger partial charge in [-0.15, -0.1) is 0 Å². The van der Waals surface area contributed by atoms with Crippen LogP contribution < -0.4 is 10.5 Å². The van der Waals surface area contributed by atoms with E-state index in [0.717, 1.165) is 16.9 Å². The van der Waals surface area contributed by atoms with Crippen LogP contribution in [0.25, 0.3) is 0 Å². The van der Waals surface area contributed by atoms with Crippen molar-refractivity contribution in [3.05, 3.63) is 58.9 Å². The standard InChI is InChI=1S/C15H17ClN2O/c1-10-3-4-13(16)9-14(10)19-15(11(2)17)12-5-7-18-8-6-12/h3-9,11,15H,17H2,1-2H3. The summed E-state index contributed by atoms with van der Waals surface area (Å²) >= 11 is 6.00. The summed E-state index contributed by atoms with van der Waals surface area (Å²) in [5.74, 6) is 0.756. The van der Waals surface area contributed by atoms with Crippen LogP contribution in [0.4, 0.5) is 0 Å². The van der Waals surface area contributed by atoms with E-state index in [1.807, 2.05) is 44.2 Å². The van der Waals surface area contributed by atoms with Gasteiger partial charge in [0.05, 0.1) is 0 Å². The Morgan fingerprint density at radius 3 is 2.53 bits per heavy atom. The zero-order chi connectivity index (χ0) is 13.8. The van der Waals surface area contributed by atoms with Gasteiger partial charge in [0.25, 0.3) is 0 Å². The van der Waals surface area contributed by atoms with Crippen LogP contribution in [0.15, 0.2) is 42.7 Å². The minimum atomic E-state index is -0.222. The molecule has 1 aromatic carbocycles. The molecule has 0 aliphatic carbocycles. The first-order chi connectivity index (χ1) is 9.08. The second-order valence-electron chi connectivity index (χ2n) is 4.59. The van der Waals surface area contributed by atoms with Crippen molar-refractivity contribution in [1.82, 2.24) is 4.98 Å². The van der Waals surface area contributed by atoms with Crippen molar-refractivity contribution in [2.24, 2.45) is 5.73 Å². The molecule has 0 saturated heterocycles. The van der Waals surface area contributed by atoms with Gasteiger partial charge < -0.3 is 10.5 Å². The highest BCUT2D eigenvalue weighted by Crippen LogP contribution is 2.29. The van der Waals surface area contributed by atoms with Crippen molar-refractivity contribution in [3.63, 3.8) is 0 Å². The lowest BCUT2D eigenvalue weighted by molar-refractivity contribution is 0.179. The van der Waals surface area contributed by atoms with Crippen LogP contribution in [0.5, 0.6) is 5.75 Å². The van der Waals surface area contributed by atoms with Crippen LogP contribution in [-0.4, -0.2) is 11.0 Å². The molecule has 0 bridgehead atoms. The Balaban J connectivity index is 2.29. The summed E-state index contributed by atoms with van der Waals surface area (Å²) in [5, 5.41) is 0.652. The predicted octanol–water partition coefficient (Wildman–Crippen LogP) is 3.51. The molecule has 1 aromatic heterocycles. The monoisotopic (exact) mass is 276 g/mol. The molecule has 0 saturated carbocycles. The molecule has 0 radical (unpaired) electrons. The summed E-state index contributed by atoms with van der Waals surface area (Å²) in [6, 6.07) is 9.27. The molecule has 0 aliphatic heterocycles. The average molecular weight is 277 g/mol. The summed E-state index contributed by atoms with van der Waals surface area (Å²) in [5.41, 5.74) is 8.06. The Hall–Kier alpha value is -1.58. The average Bonchev–Trinajstić information content (AvgIpc) is 2.40. The minimum Gasteiger partial charge on any atom is -0.484 e. The smallest absolute Gasteiger partial charge is 0.139 e. The molecule has 0 amide bonds. The number of benzene rings is 1. The number of aromatic nitrogens is 1. The first kappa shape index (κ1) is 13.8. The van der Waals surface area contributed by atoms with Crippen LogP contribution in [-0.2, 0) is 0 Å². The third kappa shape index (κ3) is 3.46. The highest BCUT2D eigenvalue weighted by molar-refractivity contribution is 6.30. The van der Waals surface area contributed by atoms with Gasteiger partial charge in [-0.1, -0.05) is 17.7 Å². The van der Waals surface area contributed by atoms with E-state index >= 15 is 0 Å². The lowest BCUT2D eigenvalue weighted by Gasteiger charge is -2.24. The molecule has 0 fully saturated rings. The van der Waals surface area contributed by atoms with Gasteiger partial charge in [0.1, 0.15) is 11.9 Å². The highest BCUT2D eigenvalue weighted by Gasteiger charge is 2.19. The lowest BCUT2D eigenvalue weighted by Crippen LogP contribution is -2.29. The molecule has 2 unspecified atom stereocenters. The summed E-state index contributed by atoms with van der Waals surface area (Å²) in [7, 11) is 0. The number of nitrogens with two attached hydrogens (primary N) is 1. The van der Waals surface area contributed by atoms with E-state index in [4.69, 9.17) is 22.1 Å². The van der Waals surface area contributed by atoms with Crippen molar-refractivity contribution >= 4 is 11.6 Å². The molecule has 2 atom stereocenters. The number of aryl methyl sites for hydroxylation is 1. The Bertz CT molecular complexity index is 543.